The highest BCUT2D eigenvalue weighted by Crippen LogP contribution is 2.30. The summed E-state index contributed by atoms with van der Waals surface area (Å²) < 4.78 is 0. The quantitative estimate of drug-likeness (QED) is 0.841. The predicted molar refractivity (Wildman–Crippen MR) is 84.7 cm³/mol. The summed E-state index contributed by atoms with van der Waals surface area (Å²) in [4.78, 5) is 2.30. The minimum absolute atomic E-state index is 0.0788. The summed E-state index contributed by atoms with van der Waals surface area (Å²) in [5, 5.41) is 3.72. The lowest BCUT2D eigenvalue weighted by Gasteiger charge is -2.41. The monoisotopic (exact) mass is 262 g/mol. The first-order valence-corrected chi connectivity index (χ1v) is 7.28. The topological polar surface area (TPSA) is 15.3 Å². The number of nitrogens with one attached hydrogen (secondary N) is 1. The molecule has 0 aliphatic rings. The molecule has 0 saturated carbocycles. The number of likely N-dealkylation sites (N-methyl/N-ethyl adjacent to an activating group) is 1. The van der Waals surface area contributed by atoms with Gasteiger partial charge in [0.1, 0.15) is 0 Å². The first kappa shape index (κ1) is 16.2. The van der Waals surface area contributed by atoms with Crippen molar-refractivity contribution in [1.29, 1.82) is 0 Å². The molecule has 1 aromatic rings. The highest BCUT2D eigenvalue weighted by molar-refractivity contribution is 5.32. The summed E-state index contributed by atoms with van der Waals surface area (Å²) in [5.41, 5.74) is 4.15. The molecular formula is C17H30N2. The summed E-state index contributed by atoms with van der Waals surface area (Å²) in [7, 11) is 4.31. The van der Waals surface area contributed by atoms with Gasteiger partial charge in [-0.1, -0.05) is 36.2 Å². The SMILES string of the molecule is CCCNC(c1cc(C)cc(C)c1)C(C)(C)N(C)C. The summed E-state index contributed by atoms with van der Waals surface area (Å²) in [6.07, 6.45) is 1.16. The zero-order chi connectivity index (χ0) is 14.6. The van der Waals surface area contributed by atoms with Crippen LogP contribution in [0.5, 0.6) is 0 Å². The first-order valence-electron chi connectivity index (χ1n) is 7.28. The molecule has 0 heterocycles. The molecule has 0 aromatic heterocycles. The largest absolute Gasteiger partial charge is 0.308 e. The summed E-state index contributed by atoms with van der Waals surface area (Å²) in [5.74, 6) is 0. The van der Waals surface area contributed by atoms with Gasteiger partial charge in [-0.2, -0.15) is 0 Å². The summed E-state index contributed by atoms with van der Waals surface area (Å²) >= 11 is 0. The van der Waals surface area contributed by atoms with E-state index in [2.05, 4.69) is 77.1 Å². The molecule has 0 aliphatic heterocycles. The van der Waals surface area contributed by atoms with E-state index in [1.54, 1.807) is 0 Å². The number of nitrogens with zero attached hydrogens (tertiary/aromatic N) is 1. The Labute approximate surface area is 119 Å². The molecule has 19 heavy (non-hydrogen) atoms. The molecule has 0 bridgehead atoms. The number of hydrogen-bond acceptors (Lipinski definition) is 2. The van der Waals surface area contributed by atoms with Crippen molar-refractivity contribution in [2.75, 3.05) is 20.6 Å². The van der Waals surface area contributed by atoms with Crippen LogP contribution in [-0.4, -0.2) is 31.1 Å². The number of hydrogen-bond donors (Lipinski definition) is 1. The van der Waals surface area contributed by atoms with Crippen LogP contribution in [0.1, 0.15) is 49.9 Å². The van der Waals surface area contributed by atoms with Crippen LogP contribution in [0.15, 0.2) is 18.2 Å². The molecule has 1 unspecified atom stereocenters. The van der Waals surface area contributed by atoms with Gasteiger partial charge in [-0.25, -0.2) is 0 Å². The number of benzene rings is 1. The third kappa shape index (κ3) is 4.05. The summed E-state index contributed by atoms with van der Waals surface area (Å²) in [6.45, 7) is 12.2. The molecular weight excluding hydrogens is 232 g/mol. The highest BCUT2D eigenvalue weighted by Gasteiger charge is 2.32. The molecule has 0 spiro atoms. The third-order valence-corrected chi connectivity index (χ3v) is 4.03. The second kappa shape index (κ2) is 6.53. The lowest BCUT2D eigenvalue weighted by molar-refractivity contribution is 0.138. The van der Waals surface area contributed by atoms with Crippen molar-refractivity contribution in [3.05, 3.63) is 34.9 Å². The average molecular weight is 262 g/mol. The molecule has 0 fully saturated rings. The molecule has 2 heteroatoms. The third-order valence-electron chi connectivity index (χ3n) is 4.03. The van der Waals surface area contributed by atoms with Crippen molar-refractivity contribution in [1.82, 2.24) is 10.2 Å². The molecule has 0 saturated heterocycles. The highest BCUT2D eigenvalue weighted by atomic mass is 15.2. The van der Waals surface area contributed by atoms with Crippen LogP contribution in [0, 0.1) is 13.8 Å². The van der Waals surface area contributed by atoms with Gasteiger partial charge in [0.25, 0.3) is 0 Å². The van der Waals surface area contributed by atoms with Crippen molar-refractivity contribution < 1.29 is 0 Å². The fourth-order valence-corrected chi connectivity index (χ4v) is 2.50. The van der Waals surface area contributed by atoms with Gasteiger partial charge in [-0.3, -0.25) is 0 Å². The van der Waals surface area contributed by atoms with Crippen LogP contribution in [0.3, 0.4) is 0 Å². The molecule has 1 atom stereocenters. The van der Waals surface area contributed by atoms with E-state index in [1.807, 2.05) is 0 Å². The standard InChI is InChI=1S/C17H30N2/c1-8-9-18-16(17(4,5)19(6)7)15-11-13(2)10-14(3)12-15/h10-12,16,18H,8-9H2,1-7H3. The zero-order valence-corrected chi connectivity index (χ0v) is 13.7. The average Bonchev–Trinajstić information content (AvgIpc) is 2.27. The Hall–Kier alpha value is -0.860. The summed E-state index contributed by atoms with van der Waals surface area (Å²) in [6, 6.07) is 7.21. The molecule has 1 rings (SSSR count). The maximum Gasteiger partial charge on any atom is 0.0501 e. The van der Waals surface area contributed by atoms with E-state index in [9.17, 15) is 0 Å². The van der Waals surface area contributed by atoms with Crippen molar-refractivity contribution in [3.63, 3.8) is 0 Å². The Morgan fingerprint density at radius 2 is 1.63 bits per heavy atom. The molecule has 2 nitrogen and oxygen atoms in total. The van der Waals surface area contributed by atoms with Gasteiger partial charge in [0.2, 0.25) is 0 Å². The molecule has 0 amide bonds. The van der Waals surface area contributed by atoms with Crippen LogP contribution in [0.2, 0.25) is 0 Å². The first-order chi connectivity index (χ1) is 8.78. The number of aryl methyl sites for hydroxylation is 2. The van der Waals surface area contributed by atoms with Crippen LogP contribution >= 0.6 is 0 Å². The number of rotatable bonds is 6. The normalized spacial score (nSPS) is 13.9. The smallest absolute Gasteiger partial charge is 0.0501 e. The minimum atomic E-state index is 0.0788. The molecule has 108 valence electrons. The maximum absolute atomic E-state index is 3.72. The van der Waals surface area contributed by atoms with Crippen LogP contribution in [0.4, 0.5) is 0 Å². The zero-order valence-electron chi connectivity index (χ0n) is 13.7. The molecule has 0 radical (unpaired) electrons. The van der Waals surface area contributed by atoms with Crippen molar-refractivity contribution in [3.8, 4) is 0 Å². The fourth-order valence-electron chi connectivity index (χ4n) is 2.50. The van der Waals surface area contributed by atoms with E-state index in [0.29, 0.717) is 6.04 Å². The van der Waals surface area contributed by atoms with Gasteiger partial charge < -0.3 is 10.2 Å². The van der Waals surface area contributed by atoms with Crippen molar-refractivity contribution in [2.24, 2.45) is 0 Å². The minimum Gasteiger partial charge on any atom is -0.308 e. The second-order valence-electron chi connectivity index (χ2n) is 6.36. The van der Waals surface area contributed by atoms with Gasteiger partial charge in [-0.05, 0) is 60.3 Å². The van der Waals surface area contributed by atoms with Crippen molar-refractivity contribution >= 4 is 0 Å². The van der Waals surface area contributed by atoms with E-state index >= 15 is 0 Å². The van der Waals surface area contributed by atoms with Gasteiger partial charge >= 0.3 is 0 Å². The lowest BCUT2D eigenvalue weighted by Crippen LogP contribution is -2.49. The van der Waals surface area contributed by atoms with Gasteiger partial charge in [0, 0.05) is 5.54 Å². The van der Waals surface area contributed by atoms with Gasteiger partial charge in [-0.15, -0.1) is 0 Å². The lowest BCUT2D eigenvalue weighted by atomic mass is 9.86. The van der Waals surface area contributed by atoms with E-state index in [0.717, 1.165) is 13.0 Å². The fraction of sp³-hybridized carbons (Fsp3) is 0.647. The Bertz CT molecular complexity index is 387. The molecule has 1 N–H and O–H groups in total. The van der Waals surface area contributed by atoms with Gasteiger partial charge in [0.15, 0.2) is 0 Å². The Morgan fingerprint density at radius 3 is 2.05 bits per heavy atom. The van der Waals surface area contributed by atoms with Crippen molar-refractivity contribution in [2.45, 2.75) is 52.6 Å². The Balaban J connectivity index is 3.15. The Kier molecular flexibility index (Phi) is 5.57. The van der Waals surface area contributed by atoms with E-state index < -0.39 is 0 Å². The van der Waals surface area contributed by atoms with Crippen LogP contribution in [-0.2, 0) is 0 Å². The van der Waals surface area contributed by atoms with E-state index in [4.69, 9.17) is 0 Å². The van der Waals surface area contributed by atoms with E-state index in [1.165, 1.54) is 16.7 Å². The van der Waals surface area contributed by atoms with Crippen LogP contribution < -0.4 is 5.32 Å². The maximum atomic E-state index is 3.72. The second-order valence-corrected chi connectivity index (χ2v) is 6.36. The van der Waals surface area contributed by atoms with Gasteiger partial charge in [0.05, 0.1) is 6.04 Å². The van der Waals surface area contributed by atoms with E-state index in [-0.39, 0.29) is 5.54 Å². The predicted octanol–water partition coefficient (Wildman–Crippen LogP) is 3.68. The Morgan fingerprint density at radius 1 is 1.11 bits per heavy atom. The van der Waals surface area contributed by atoms with Crippen LogP contribution in [0.25, 0.3) is 0 Å². The molecule has 0 aliphatic carbocycles. The molecule has 1 aromatic carbocycles.